The Labute approximate surface area is 200 Å². The molecule has 2 aliphatic heterocycles. The summed E-state index contributed by atoms with van der Waals surface area (Å²) in [4.78, 5) is 22.9. The number of hydrogen-bond donors (Lipinski definition) is 2. The standard InChI is InChI=1S/C25H33N7O2/c1-15(2)18-12-28-24(32-10-6-16(32)3)19-13-27-23(11-17(18)19)29-22-5-8-26-25(30-22)31-9-7-21(34-4)20(33)14-31/h5,8,11-13,15-16,20-21,33H,6-7,9-10,14H2,1-4H3,(H,26,27,29,30)/t16-,20+,21-/m0/s1. The number of aromatic nitrogens is 4. The van der Waals surface area contributed by atoms with Gasteiger partial charge >= 0.3 is 0 Å². The molecule has 3 aromatic rings. The highest BCUT2D eigenvalue weighted by atomic mass is 16.5. The van der Waals surface area contributed by atoms with E-state index >= 15 is 0 Å². The van der Waals surface area contributed by atoms with Gasteiger partial charge in [-0.05, 0) is 48.8 Å². The number of anilines is 4. The average Bonchev–Trinajstić information content (AvgIpc) is 2.83. The molecule has 3 atom stereocenters. The van der Waals surface area contributed by atoms with Gasteiger partial charge in [0.05, 0.1) is 12.2 Å². The number of nitrogens with zero attached hydrogens (tertiary/aromatic N) is 6. The Kier molecular flexibility index (Phi) is 6.22. The molecule has 34 heavy (non-hydrogen) atoms. The molecular formula is C25H33N7O2. The predicted molar refractivity (Wildman–Crippen MR) is 134 cm³/mol. The van der Waals surface area contributed by atoms with Crippen LogP contribution in [0.1, 0.15) is 45.1 Å². The Bertz CT molecular complexity index is 1170. The lowest BCUT2D eigenvalue weighted by molar-refractivity contribution is -0.0219. The predicted octanol–water partition coefficient (Wildman–Crippen LogP) is 3.47. The van der Waals surface area contributed by atoms with E-state index in [1.54, 1.807) is 13.3 Å². The third-order valence-corrected chi connectivity index (χ3v) is 7.00. The molecule has 0 saturated carbocycles. The van der Waals surface area contributed by atoms with E-state index in [2.05, 4.69) is 47.0 Å². The lowest BCUT2D eigenvalue weighted by Gasteiger charge is -2.40. The molecule has 0 unspecified atom stereocenters. The summed E-state index contributed by atoms with van der Waals surface area (Å²) in [6.07, 6.45) is 6.88. The lowest BCUT2D eigenvalue weighted by Crippen LogP contribution is -2.48. The van der Waals surface area contributed by atoms with E-state index in [1.165, 1.54) is 12.0 Å². The minimum atomic E-state index is -0.562. The maximum atomic E-state index is 10.3. The van der Waals surface area contributed by atoms with Crippen LogP contribution in [-0.4, -0.2) is 70.0 Å². The van der Waals surface area contributed by atoms with Crippen LogP contribution in [-0.2, 0) is 4.74 Å². The van der Waals surface area contributed by atoms with Gasteiger partial charge < -0.3 is 25.0 Å². The van der Waals surface area contributed by atoms with Crippen LogP contribution in [0, 0.1) is 0 Å². The van der Waals surface area contributed by atoms with Gasteiger partial charge in [-0.2, -0.15) is 4.98 Å². The summed E-state index contributed by atoms with van der Waals surface area (Å²) in [5, 5.41) is 15.9. The summed E-state index contributed by atoms with van der Waals surface area (Å²) in [6, 6.07) is 4.43. The number of hydrogen-bond acceptors (Lipinski definition) is 9. The molecule has 2 aliphatic rings. The van der Waals surface area contributed by atoms with Crippen molar-refractivity contribution in [3.63, 3.8) is 0 Å². The largest absolute Gasteiger partial charge is 0.389 e. The first-order valence-corrected chi connectivity index (χ1v) is 12.1. The van der Waals surface area contributed by atoms with E-state index in [-0.39, 0.29) is 6.10 Å². The SMILES string of the molecule is CO[C@H]1CCN(c2nccc(Nc3cc4c(C(C)C)cnc(N5CC[C@@H]5C)c4cn3)n2)C[C@H]1O. The number of aliphatic hydroxyl groups excluding tert-OH is 1. The van der Waals surface area contributed by atoms with Crippen molar-refractivity contribution in [2.45, 2.75) is 57.8 Å². The monoisotopic (exact) mass is 463 g/mol. The second-order valence-electron chi connectivity index (χ2n) is 9.58. The maximum Gasteiger partial charge on any atom is 0.227 e. The van der Waals surface area contributed by atoms with E-state index < -0.39 is 6.10 Å². The number of piperidine rings is 1. The molecule has 0 radical (unpaired) electrons. The van der Waals surface area contributed by atoms with Gasteiger partial charge in [0.1, 0.15) is 17.5 Å². The normalized spacial score (nSPS) is 22.8. The number of ether oxygens (including phenoxy) is 1. The zero-order chi connectivity index (χ0) is 23.8. The van der Waals surface area contributed by atoms with Crippen LogP contribution in [0.25, 0.3) is 10.8 Å². The summed E-state index contributed by atoms with van der Waals surface area (Å²) < 4.78 is 5.35. The van der Waals surface area contributed by atoms with Gasteiger partial charge in [-0.1, -0.05) is 13.8 Å². The first kappa shape index (κ1) is 22.7. The average molecular weight is 464 g/mol. The van der Waals surface area contributed by atoms with Gasteiger partial charge in [-0.3, -0.25) is 0 Å². The molecule has 2 fully saturated rings. The van der Waals surface area contributed by atoms with Crippen molar-refractivity contribution in [1.82, 2.24) is 19.9 Å². The van der Waals surface area contributed by atoms with Crippen molar-refractivity contribution in [2.75, 3.05) is 41.9 Å². The molecule has 0 spiro atoms. The molecule has 2 N–H and O–H groups in total. The third-order valence-electron chi connectivity index (χ3n) is 7.00. The number of fused-ring (bicyclic) bond motifs is 1. The fourth-order valence-corrected chi connectivity index (χ4v) is 4.80. The van der Waals surface area contributed by atoms with Crippen LogP contribution in [0.2, 0.25) is 0 Å². The van der Waals surface area contributed by atoms with Crippen LogP contribution in [0.5, 0.6) is 0 Å². The van der Waals surface area contributed by atoms with Crippen molar-refractivity contribution in [1.29, 1.82) is 0 Å². The van der Waals surface area contributed by atoms with E-state index in [0.717, 1.165) is 41.9 Å². The molecule has 5 heterocycles. The van der Waals surface area contributed by atoms with E-state index in [0.29, 0.717) is 30.3 Å². The molecule has 3 aromatic heterocycles. The second-order valence-corrected chi connectivity index (χ2v) is 9.58. The fraction of sp³-hybridized carbons (Fsp3) is 0.520. The molecule has 9 nitrogen and oxygen atoms in total. The van der Waals surface area contributed by atoms with Crippen molar-refractivity contribution in [3.8, 4) is 0 Å². The first-order valence-electron chi connectivity index (χ1n) is 12.1. The van der Waals surface area contributed by atoms with Crippen molar-refractivity contribution in [2.24, 2.45) is 0 Å². The van der Waals surface area contributed by atoms with E-state index in [9.17, 15) is 5.11 Å². The summed E-state index contributed by atoms with van der Waals surface area (Å²) >= 11 is 0. The highest BCUT2D eigenvalue weighted by Crippen LogP contribution is 2.35. The van der Waals surface area contributed by atoms with Crippen molar-refractivity contribution < 1.29 is 9.84 Å². The Morgan fingerprint density at radius 3 is 2.62 bits per heavy atom. The van der Waals surface area contributed by atoms with Gasteiger partial charge in [0.15, 0.2) is 0 Å². The molecule has 5 rings (SSSR count). The number of β-amino-alcohol motifs (C(OH)–C–C–N with tert-alkyl or cyclic N) is 1. The molecule has 180 valence electrons. The summed E-state index contributed by atoms with van der Waals surface area (Å²) in [5.74, 6) is 3.34. The highest BCUT2D eigenvalue weighted by molar-refractivity contribution is 5.96. The minimum absolute atomic E-state index is 0.145. The minimum Gasteiger partial charge on any atom is -0.389 e. The van der Waals surface area contributed by atoms with E-state index in [1.807, 2.05) is 23.4 Å². The Morgan fingerprint density at radius 1 is 1.09 bits per heavy atom. The van der Waals surface area contributed by atoms with Gasteiger partial charge in [-0.25, -0.2) is 15.0 Å². The second kappa shape index (κ2) is 9.31. The molecular weight excluding hydrogens is 430 g/mol. The van der Waals surface area contributed by atoms with Crippen molar-refractivity contribution >= 4 is 34.2 Å². The molecule has 2 saturated heterocycles. The topological polar surface area (TPSA) is 99.5 Å². The first-order chi connectivity index (χ1) is 16.4. The zero-order valence-corrected chi connectivity index (χ0v) is 20.3. The molecule has 0 aliphatic carbocycles. The zero-order valence-electron chi connectivity index (χ0n) is 20.3. The molecule has 0 bridgehead atoms. The highest BCUT2D eigenvalue weighted by Gasteiger charge is 2.29. The van der Waals surface area contributed by atoms with Crippen LogP contribution >= 0.6 is 0 Å². The Balaban J connectivity index is 1.42. The number of nitrogens with one attached hydrogen (secondary N) is 1. The van der Waals surface area contributed by atoms with Crippen molar-refractivity contribution in [3.05, 3.63) is 36.3 Å². The number of aliphatic hydroxyl groups is 1. The Morgan fingerprint density at radius 2 is 1.94 bits per heavy atom. The maximum absolute atomic E-state index is 10.3. The quantitative estimate of drug-likeness (QED) is 0.569. The summed E-state index contributed by atoms with van der Waals surface area (Å²) in [7, 11) is 1.63. The van der Waals surface area contributed by atoms with E-state index in [4.69, 9.17) is 14.7 Å². The number of pyridine rings is 2. The Hall–Kier alpha value is -3.04. The number of rotatable bonds is 6. The lowest BCUT2D eigenvalue weighted by atomic mass is 9.97. The van der Waals surface area contributed by atoms with Crippen LogP contribution < -0.4 is 15.1 Å². The van der Waals surface area contributed by atoms with Crippen LogP contribution in [0.4, 0.5) is 23.4 Å². The third kappa shape index (κ3) is 4.25. The molecule has 9 heteroatoms. The van der Waals surface area contributed by atoms with Gasteiger partial charge in [0.2, 0.25) is 5.95 Å². The van der Waals surface area contributed by atoms with Gasteiger partial charge in [-0.15, -0.1) is 0 Å². The van der Waals surface area contributed by atoms with Gasteiger partial charge in [0.25, 0.3) is 0 Å². The molecule has 0 amide bonds. The molecule has 0 aromatic carbocycles. The number of methoxy groups -OCH3 is 1. The smallest absolute Gasteiger partial charge is 0.227 e. The van der Waals surface area contributed by atoms with Crippen LogP contribution in [0.15, 0.2) is 30.7 Å². The summed E-state index contributed by atoms with van der Waals surface area (Å²) in [6.45, 7) is 8.82. The summed E-state index contributed by atoms with van der Waals surface area (Å²) in [5.41, 5.74) is 1.20. The van der Waals surface area contributed by atoms with Crippen LogP contribution in [0.3, 0.4) is 0 Å². The van der Waals surface area contributed by atoms with Gasteiger partial charge in [0, 0.05) is 56.8 Å². The fourth-order valence-electron chi connectivity index (χ4n) is 4.80.